The summed E-state index contributed by atoms with van der Waals surface area (Å²) in [6, 6.07) is 13.4. The molecule has 0 unspecified atom stereocenters. The maximum atomic E-state index is 13.2. The molecular formula is C22H27FN2O2S. The van der Waals surface area contributed by atoms with E-state index in [1.54, 1.807) is 24.0 Å². The van der Waals surface area contributed by atoms with Gasteiger partial charge in [-0.05, 0) is 50.1 Å². The molecule has 150 valence electrons. The van der Waals surface area contributed by atoms with Gasteiger partial charge in [0.2, 0.25) is 11.8 Å². The Balaban J connectivity index is 2.10. The Morgan fingerprint density at radius 2 is 1.75 bits per heavy atom. The number of hydrogen-bond donors (Lipinski definition) is 1. The van der Waals surface area contributed by atoms with Gasteiger partial charge in [0.25, 0.3) is 0 Å². The van der Waals surface area contributed by atoms with Gasteiger partial charge in [-0.25, -0.2) is 4.39 Å². The normalized spacial score (nSPS) is 11.7. The fourth-order valence-corrected chi connectivity index (χ4v) is 3.41. The van der Waals surface area contributed by atoms with Crippen LogP contribution in [-0.4, -0.2) is 35.1 Å². The van der Waals surface area contributed by atoms with Crippen molar-refractivity contribution < 1.29 is 14.0 Å². The fraction of sp³-hybridized carbons (Fsp3) is 0.364. The van der Waals surface area contributed by atoms with E-state index in [0.717, 1.165) is 22.4 Å². The third-order valence-electron chi connectivity index (χ3n) is 4.37. The highest BCUT2D eigenvalue weighted by Gasteiger charge is 2.25. The van der Waals surface area contributed by atoms with Crippen LogP contribution in [0.3, 0.4) is 0 Å². The molecule has 0 radical (unpaired) electrons. The molecule has 1 N–H and O–H groups in total. The number of halogens is 1. The van der Waals surface area contributed by atoms with Crippen LogP contribution in [0.2, 0.25) is 0 Å². The van der Waals surface area contributed by atoms with Crippen molar-refractivity contribution in [1.29, 1.82) is 0 Å². The third-order valence-corrected chi connectivity index (χ3v) is 5.36. The molecule has 28 heavy (non-hydrogen) atoms. The summed E-state index contributed by atoms with van der Waals surface area (Å²) in [4.78, 5) is 27.9. The summed E-state index contributed by atoms with van der Waals surface area (Å²) >= 11 is 1.44. The van der Waals surface area contributed by atoms with E-state index in [0.29, 0.717) is 6.54 Å². The van der Waals surface area contributed by atoms with Gasteiger partial charge in [0.05, 0.1) is 5.75 Å². The Morgan fingerprint density at radius 1 is 1.11 bits per heavy atom. The summed E-state index contributed by atoms with van der Waals surface area (Å²) in [5, 5.41) is 2.84. The molecule has 0 aromatic heterocycles. The van der Waals surface area contributed by atoms with Crippen LogP contribution in [0.4, 0.5) is 4.39 Å². The van der Waals surface area contributed by atoms with Gasteiger partial charge in [-0.1, -0.05) is 36.8 Å². The van der Waals surface area contributed by atoms with Crippen LogP contribution >= 0.6 is 11.8 Å². The van der Waals surface area contributed by atoms with Crippen molar-refractivity contribution in [2.75, 3.05) is 12.3 Å². The summed E-state index contributed by atoms with van der Waals surface area (Å²) < 4.78 is 13.2. The van der Waals surface area contributed by atoms with E-state index in [2.05, 4.69) is 5.32 Å². The lowest BCUT2D eigenvalue weighted by Gasteiger charge is -2.28. The minimum atomic E-state index is -0.609. The summed E-state index contributed by atoms with van der Waals surface area (Å²) in [6.07, 6.45) is 0.827. The van der Waals surface area contributed by atoms with Crippen LogP contribution in [0.1, 0.15) is 31.4 Å². The lowest BCUT2D eigenvalue weighted by Crippen LogP contribution is -2.48. The van der Waals surface area contributed by atoms with E-state index in [4.69, 9.17) is 0 Å². The third kappa shape index (κ3) is 6.68. The Morgan fingerprint density at radius 3 is 2.36 bits per heavy atom. The van der Waals surface area contributed by atoms with Gasteiger partial charge >= 0.3 is 0 Å². The highest BCUT2D eigenvalue weighted by Crippen LogP contribution is 2.20. The predicted octanol–water partition coefficient (Wildman–Crippen LogP) is 4.17. The summed E-state index contributed by atoms with van der Waals surface area (Å²) in [7, 11) is 0. The zero-order chi connectivity index (χ0) is 20.5. The van der Waals surface area contributed by atoms with E-state index >= 15 is 0 Å². The highest BCUT2D eigenvalue weighted by molar-refractivity contribution is 8.00. The number of nitrogens with one attached hydrogen (secondary N) is 1. The number of carbonyl (C=O) groups excluding carboxylic acids is 2. The van der Waals surface area contributed by atoms with Crippen LogP contribution in [0, 0.1) is 12.7 Å². The molecule has 0 aliphatic heterocycles. The number of benzene rings is 2. The number of carbonyl (C=O) groups is 2. The minimum absolute atomic E-state index is 0.131. The van der Waals surface area contributed by atoms with E-state index in [1.807, 2.05) is 38.1 Å². The number of amides is 2. The average Bonchev–Trinajstić information content (AvgIpc) is 2.70. The molecule has 0 saturated carbocycles. The SMILES string of the molecule is CCCNC(=O)[C@@H](C)N(Cc1ccc(F)cc1)C(=O)CSc1ccc(C)cc1. The predicted molar refractivity (Wildman–Crippen MR) is 112 cm³/mol. The van der Waals surface area contributed by atoms with Gasteiger partial charge in [0.1, 0.15) is 11.9 Å². The zero-order valence-corrected chi connectivity index (χ0v) is 17.4. The average molecular weight is 403 g/mol. The summed E-state index contributed by atoms with van der Waals surface area (Å²) in [5.74, 6) is -0.410. The van der Waals surface area contributed by atoms with Gasteiger partial charge in [-0.3, -0.25) is 9.59 Å². The molecule has 2 aromatic rings. The van der Waals surface area contributed by atoms with Crippen molar-refractivity contribution in [3.05, 3.63) is 65.5 Å². The van der Waals surface area contributed by atoms with Gasteiger partial charge in [0.15, 0.2) is 0 Å². The molecule has 1 atom stereocenters. The van der Waals surface area contributed by atoms with Gasteiger partial charge in [-0.15, -0.1) is 11.8 Å². The molecule has 4 nitrogen and oxygen atoms in total. The number of nitrogens with zero attached hydrogens (tertiary/aromatic N) is 1. The fourth-order valence-electron chi connectivity index (χ4n) is 2.63. The van der Waals surface area contributed by atoms with Gasteiger partial charge in [0, 0.05) is 18.0 Å². The largest absolute Gasteiger partial charge is 0.354 e. The van der Waals surface area contributed by atoms with Crippen molar-refractivity contribution in [1.82, 2.24) is 10.2 Å². The van der Waals surface area contributed by atoms with E-state index in [-0.39, 0.29) is 29.9 Å². The van der Waals surface area contributed by atoms with Crippen molar-refractivity contribution in [3.63, 3.8) is 0 Å². The van der Waals surface area contributed by atoms with Gasteiger partial charge < -0.3 is 10.2 Å². The van der Waals surface area contributed by atoms with E-state index < -0.39 is 6.04 Å². The van der Waals surface area contributed by atoms with E-state index in [9.17, 15) is 14.0 Å². The molecule has 0 saturated heterocycles. The first kappa shape index (κ1) is 22.0. The number of aryl methyl sites for hydroxylation is 1. The molecule has 0 spiro atoms. The summed E-state index contributed by atoms with van der Waals surface area (Å²) in [6.45, 7) is 6.54. The first-order valence-corrected chi connectivity index (χ1v) is 10.4. The summed E-state index contributed by atoms with van der Waals surface area (Å²) in [5.41, 5.74) is 1.94. The Kier molecular flexibility index (Phi) is 8.51. The first-order valence-electron chi connectivity index (χ1n) is 9.41. The minimum Gasteiger partial charge on any atom is -0.354 e. The standard InChI is InChI=1S/C22H27FN2O2S/c1-4-13-24-22(27)17(3)25(14-18-7-9-19(23)10-8-18)21(26)15-28-20-11-5-16(2)6-12-20/h5-12,17H,4,13-15H2,1-3H3,(H,24,27)/t17-/m1/s1. The molecule has 0 heterocycles. The molecule has 0 bridgehead atoms. The van der Waals surface area contributed by atoms with Crippen LogP contribution in [0.5, 0.6) is 0 Å². The number of thioether (sulfide) groups is 1. The number of rotatable bonds is 9. The van der Waals surface area contributed by atoms with Crippen LogP contribution < -0.4 is 5.32 Å². The second kappa shape index (κ2) is 10.9. The molecule has 0 aliphatic carbocycles. The van der Waals surface area contributed by atoms with Crippen LogP contribution in [-0.2, 0) is 16.1 Å². The quantitative estimate of drug-likeness (QED) is 0.641. The molecule has 2 amide bonds. The zero-order valence-electron chi connectivity index (χ0n) is 16.6. The molecule has 0 aliphatic rings. The maximum absolute atomic E-state index is 13.2. The lowest BCUT2D eigenvalue weighted by molar-refractivity contribution is -0.138. The lowest BCUT2D eigenvalue weighted by atomic mass is 10.1. The first-order chi connectivity index (χ1) is 13.4. The van der Waals surface area contributed by atoms with Crippen LogP contribution in [0.15, 0.2) is 53.4 Å². The van der Waals surface area contributed by atoms with E-state index in [1.165, 1.54) is 23.9 Å². The second-order valence-corrected chi connectivity index (χ2v) is 7.77. The Hall–Kier alpha value is -2.34. The Bertz CT molecular complexity index is 778. The monoisotopic (exact) mass is 402 g/mol. The topological polar surface area (TPSA) is 49.4 Å². The van der Waals surface area contributed by atoms with Crippen molar-refractivity contribution in [2.45, 2.75) is 44.7 Å². The molecule has 2 rings (SSSR count). The van der Waals surface area contributed by atoms with Crippen molar-refractivity contribution >= 4 is 23.6 Å². The van der Waals surface area contributed by atoms with Crippen LogP contribution in [0.25, 0.3) is 0 Å². The smallest absolute Gasteiger partial charge is 0.242 e. The molecule has 6 heteroatoms. The molecule has 2 aromatic carbocycles. The highest BCUT2D eigenvalue weighted by atomic mass is 32.2. The Labute approximate surface area is 170 Å². The molecule has 0 fully saturated rings. The second-order valence-electron chi connectivity index (χ2n) is 6.72. The number of hydrogen-bond acceptors (Lipinski definition) is 3. The maximum Gasteiger partial charge on any atom is 0.242 e. The van der Waals surface area contributed by atoms with Crippen molar-refractivity contribution in [2.24, 2.45) is 0 Å². The van der Waals surface area contributed by atoms with Crippen molar-refractivity contribution in [3.8, 4) is 0 Å². The van der Waals surface area contributed by atoms with Gasteiger partial charge in [-0.2, -0.15) is 0 Å². The molecular weight excluding hydrogens is 375 g/mol.